The highest BCUT2D eigenvalue weighted by molar-refractivity contribution is 5.60. The minimum Gasteiger partial charge on any atom is -1.00 e. The van der Waals surface area contributed by atoms with Crippen molar-refractivity contribution < 1.29 is 115 Å². The van der Waals surface area contributed by atoms with Crippen LogP contribution in [0.1, 0.15) is 80.6 Å². The van der Waals surface area contributed by atoms with E-state index >= 15 is 0 Å². The van der Waals surface area contributed by atoms with Crippen molar-refractivity contribution in [3.63, 3.8) is 0 Å². The van der Waals surface area contributed by atoms with Crippen molar-refractivity contribution in [2.24, 2.45) is 0 Å². The number of nitrogens with zero attached hydrogens (tertiary/aromatic N) is 8. The fourth-order valence-corrected chi connectivity index (χ4v) is 9.58. The van der Waals surface area contributed by atoms with Gasteiger partial charge in [-0.25, -0.2) is 46.1 Å². The van der Waals surface area contributed by atoms with Crippen LogP contribution in [0, 0.1) is 13.8 Å². The second-order valence-electron chi connectivity index (χ2n) is 19.9. The first-order valence-corrected chi connectivity index (χ1v) is 27.3. The normalized spacial score (nSPS) is 10.4. The van der Waals surface area contributed by atoms with Gasteiger partial charge in [-0.1, -0.05) is 146 Å². The molecule has 0 aliphatic heterocycles. The molecule has 0 saturated heterocycles. The Labute approximate surface area is 535 Å². The molecule has 0 spiro atoms. The number of hydrogen-bond acceptors (Lipinski definition) is 6. The number of benzene rings is 6. The van der Waals surface area contributed by atoms with E-state index in [9.17, 15) is 9.59 Å². The van der Waals surface area contributed by atoms with Crippen molar-refractivity contribution >= 4 is 12.3 Å². The first-order valence-electron chi connectivity index (χ1n) is 27.3. The van der Waals surface area contributed by atoms with E-state index in [1.807, 2.05) is 67.6 Å². The van der Waals surface area contributed by atoms with Crippen molar-refractivity contribution in [1.82, 2.24) is 18.3 Å². The summed E-state index contributed by atoms with van der Waals surface area (Å²) in [6.45, 7) is 15.3. The standard InChI is InChI=1S/2C33H36N4O3.4BrH/c1-3-34-16-17-35(25-34)20-28-11-6-7-12-29(28)21-36-18-19-37(26-36)22-30-13-8-9-15-32(30)24-40-33(38)39-23-31-14-5-4-10-27(31)2;1-3-39-33(38)40-24-32-15-9-8-14-31(32)23-37-19-18-36(26-37)22-30-13-7-6-12-29(30)21-35-17-16-34(25-35)20-28-11-5-4-10-27(28)2;;;;/h2*4-19,25-26H,3,20-24H2,1-2H3;4*1H/q2*+2;;;;/p-4. The van der Waals surface area contributed by atoms with Crippen LogP contribution in [0.15, 0.2) is 220 Å². The van der Waals surface area contributed by atoms with Crippen LogP contribution in [0.5, 0.6) is 0 Å². The summed E-state index contributed by atoms with van der Waals surface area (Å²) >= 11 is 0. The molecule has 0 bridgehead atoms. The van der Waals surface area contributed by atoms with Crippen molar-refractivity contribution in [1.29, 1.82) is 0 Å². The van der Waals surface area contributed by atoms with E-state index in [2.05, 4.69) is 210 Å². The summed E-state index contributed by atoms with van der Waals surface area (Å²) in [7, 11) is 0. The summed E-state index contributed by atoms with van der Waals surface area (Å²) in [4.78, 5) is 23.9. The Balaban J connectivity index is 0.000000293. The van der Waals surface area contributed by atoms with Gasteiger partial charge < -0.3 is 86.9 Å². The van der Waals surface area contributed by atoms with E-state index in [-0.39, 0.29) is 87.7 Å². The minimum absolute atomic E-state index is 0. The molecule has 0 atom stereocenters. The first-order chi connectivity index (χ1) is 39.1. The first kappa shape index (κ1) is 67.4. The van der Waals surface area contributed by atoms with Crippen LogP contribution in [0.25, 0.3) is 0 Å². The third-order valence-electron chi connectivity index (χ3n) is 14.1. The minimum atomic E-state index is -0.667. The lowest BCUT2D eigenvalue weighted by atomic mass is 10.1. The highest BCUT2D eigenvalue weighted by Gasteiger charge is 2.17. The lowest BCUT2D eigenvalue weighted by molar-refractivity contribution is -0.693. The van der Waals surface area contributed by atoms with Gasteiger partial charge in [0, 0.05) is 33.4 Å². The zero-order valence-corrected chi connectivity index (χ0v) is 54.2. The van der Waals surface area contributed by atoms with Gasteiger partial charge in [-0.2, -0.15) is 0 Å². The van der Waals surface area contributed by atoms with Crippen LogP contribution >= 0.6 is 0 Å². The second-order valence-corrected chi connectivity index (χ2v) is 19.9. The highest BCUT2D eigenvalue weighted by atomic mass is 79.9. The van der Waals surface area contributed by atoms with Gasteiger partial charge in [0.1, 0.15) is 115 Å². The molecule has 0 fully saturated rings. The number of carbonyl (C=O) groups excluding carboxylic acids is 2. The smallest absolute Gasteiger partial charge is 0.508 e. The summed E-state index contributed by atoms with van der Waals surface area (Å²) < 4.78 is 38.5. The summed E-state index contributed by atoms with van der Waals surface area (Å²) in [5, 5.41) is 0. The molecule has 0 aliphatic rings. The molecule has 0 amide bonds. The number of aryl methyl sites for hydroxylation is 3. The van der Waals surface area contributed by atoms with Crippen LogP contribution < -0.4 is 86.2 Å². The Morgan fingerprint density at radius 2 is 0.619 bits per heavy atom. The molecule has 4 aromatic heterocycles. The van der Waals surface area contributed by atoms with Crippen molar-refractivity contribution in [3.05, 3.63) is 287 Å². The van der Waals surface area contributed by atoms with E-state index in [1.54, 1.807) is 6.92 Å². The van der Waals surface area contributed by atoms with E-state index in [0.717, 1.165) is 72.6 Å². The van der Waals surface area contributed by atoms with E-state index in [0.29, 0.717) is 19.7 Å². The molecule has 440 valence electrons. The molecule has 0 unspecified atom stereocenters. The second kappa shape index (κ2) is 34.4. The molecule has 10 aromatic rings. The quantitative estimate of drug-likeness (QED) is 0.0590. The van der Waals surface area contributed by atoms with Crippen LogP contribution in [0.4, 0.5) is 9.59 Å². The number of aromatic nitrogens is 8. The van der Waals surface area contributed by atoms with Crippen molar-refractivity contribution in [3.8, 4) is 0 Å². The summed E-state index contributed by atoms with van der Waals surface area (Å²) in [6.07, 6.45) is 24.1. The molecule has 14 nitrogen and oxygen atoms in total. The van der Waals surface area contributed by atoms with Crippen LogP contribution in [0.3, 0.4) is 0 Å². The number of hydrogen-bond donors (Lipinski definition) is 0. The average Bonchev–Trinajstić information content (AvgIpc) is 4.43. The number of ether oxygens (including phenoxy) is 4. The lowest BCUT2D eigenvalue weighted by Crippen LogP contribution is -3.00. The van der Waals surface area contributed by atoms with Gasteiger partial charge >= 0.3 is 12.3 Å². The molecule has 0 radical (unpaired) electrons. The van der Waals surface area contributed by atoms with Gasteiger partial charge in [0.25, 0.3) is 0 Å². The van der Waals surface area contributed by atoms with Crippen LogP contribution in [0.2, 0.25) is 0 Å². The predicted octanol–water partition coefficient (Wildman–Crippen LogP) is -1.75. The number of rotatable bonds is 22. The predicted molar refractivity (Wildman–Crippen MR) is 303 cm³/mol. The Morgan fingerprint density at radius 3 is 0.964 bits per heavy atom. The largest absolute Gasteiger partial charge is 1.00 e. The third kappa shape index (κ3) is 19.9. The Hall–Kier alpha value is -7.38. The number of halogens is 4. The lowest BCUT2D eigenvalue weighted by Gasteiger charge is -2.10. The molecule has 84 heavy (non-hydrogen) atoms. The summed E-state index contributed by atoms with van der Waals surface area (Å²) in [5.41, 5.74) is 14.0. The molecule has 10 rings (SSSR count). The van der Waals surface area contributed by atoms with E-state index in [4.69, 9.17) is 18.9 Å². The molecular weight excluding hydrogens is 1320 g/mol. The maximum Gasteiger partial charge on any atom is 0.508 e. The Kier molecular flexibility index (Phi) is 27.6. The van der Waals surface area contributed by atoms with Gasteiger partial charge in [-0.15, -0.1) is 0 Å². The van der Waals surface area contributed by atoms with Crippen molar-refractivity contribution in [2.75, 3.05) is 6.61 Å². The molecule has 4 heterocycles. The van der Waals surface area contributed by atoms with Gasteiger partial charge in [0.15, 0.2) is 0 Å². The Morgan fingerprint density at radius 1 is 0.345 bits per heavy atom. The molecule has 0 saturated carbocycles. The molecule has 0 N–H and O–H groups in total. The van der Waals surface area contributed by atoms with Crippen LogP contribution in [-0.4, -0.2) is 37.2 Å². The molecule has 18 heteroatoms. The molecule has 0 aliphatic carbocycles. The highest BCUT2D eigenvalue weighted by Crippen LogP contribution is 2.17. The summed E-state index contributed by atoms with van der Waals surface area (Å²) in [6, 6.07) is 49.6. The average molecular weight is 1390 g/mol. The molecular formula is C66H72Br4N8O6. The fourth-order valence-electron chi connectivity index (χ4n) is 9.58. The summed E-state index contributed by atoms with van der Waals surface area (Å²) in [5.74, 6) is 0. The SMILES string of the molecule is CCOC(=O)OCc1ccccc1Cn1cc[n+](Cc2ccccc2C[n+]2ccn(Cc3ccccc3C)c2)c1.CCn1cc[n+](Cc2ccccc2C[n+]2ccn(Cc3ccccc3COC(=O)OCc3ccccc3C)c2)c1.[Br-].[Br-].[Br-].[Br-]. The monoisotopic (exact) mass is 1390 g/mol. The fraction of sp³-hybridized carbons (Fsp3) is 0.242. The zero-order valence-electron chi connectivity index (χ0n) is 47.8. The van der Waals surface area contributed by atoms with Gasteiger partial charge in [-0.05, 0) is 61.1 Å². The van der Waals surface area contributed by atoms with E-state index in [1.165, 1.54) is 33.4 Å². The van der Waals surface area contributed by atoms with E-state index < -0.39 is 12.3 Å². The Bertz CT molecular complexity index is 3630. The zero-order chi connectivity index (χ0) is 55.5. The maximum atomic E-state index is 12.3. The van der Waals surface area contributed by atoms with Gasteiger partial charge in [-0.3, -0.25) is 0 Å². The maximum absolute atomic E-state index is 12.3. The van der Waals surface area contributed by atoms with Crippen LogP contribution in [-0.2, 0) is 91.1 Å². The van der Waals surface area contributed by atoms with Gasteiger partial charge in [0.2, 0.25) is 25.3 Å². The van der Waals surface area contributed by atoms with Crippen molar-refractivity contribution in [2.45, 2.75) is 99.9 Å². The van der Waals surface area contributed by atoms with Gasteiger partial charge in [0.05, 0.1) is 13.2 Å². The number of carbonyl (C=O) groups is 2. The number of imidazole rings is 4. The topological polar surface area (TPSA) is 106 Å². The molecule has 6 aromatic carbocycles. The third-order valence-corrected chi connectivity index (χ3v) is 14.1.